The number of carboxylic acid groups (broad SMARTS) is 1. The molecule has 0 spiro atoms. The molecule has 2 rings (SSSR count). The van der Waals surface area contributed by atoms with Crippen LogP contribution in [0.2, 0.25) is 0 Å². The van der Waals surface area contributed by atoms with E-state index in [1.54, 1.807) is 17.1 Å². The number of nitrogens with zero attached hydrogens (tertiary/aromatic N) is 3. The van der Waals surface area contributed by atoms with Crippen molar-refractivity contribution in [2.45, 2.75) is 32.2 Å². The van der Waals surface area contributed by atoms with E-state index < -0.39 is 5.97 Å². The molecule has 2 N–H and O–H groups in total. The Bertz CT molecular complexity index is 432. The molecule has 2 unspecified atom stereocenters. The second-order valence-electron chi connectivity index (χ2n) is 4.86. The number of aliphatic carboxylic acids is 1. The normalized spacial score (nSPS) is 22.3. The topological polar surface area (TPSA) is 97.1 Å². The first kappa shape index (κ1) is 13.5. The predicted molar refractivity (Wildman–Crippen MR) is 66.1 cm³/mol. The van der Waals surface area contributed by atoms with Gasteiger partial charge in [-0.2, -0.15) is 0 Å². The third-order valence-corrected chi connectivity index (χ3v) is 3.58. The van der Waals surface area contributed by atoms with Gasteiger partial charge >= 0.3 is 5.97 Å². The summed E-state index contributed by atoms with van der Waals surface area (Å²) < 4.78 is 1.59. The lowest BCUT2D eigenvalue weighted by atomic mass is 9.96. The van der Waals surface area contributed by atoms with Crippen molar-refractivity contribution < 1.29 is 14.7 Å². The molecule has 0 saturated heterocycles. The molecule has 2 atom stereocenters. The minimum absolute atomic E-state index is 0.0628. The van der Waals surface area contributed by atoms with Gasteiger partial charge in [0.2, 0.25) is 5.91 Å². The Hall–Kier alpha value is -1.92. The van der Waals surface area contributed by atoms with Crippen molar-refractivity contribution in [1.29, 1.82) is 0 Å². The van der Waals surface area contributed by atoms with Crippen molar-refractivity contribution in [3.8, 4) is 0 Å². The van der Waals surface area contributed by atoms with E-state index in [1.807, 2.05) is 0 Å². The van der Waals surface area contributed by atoms with Gasteiger partial charge in [0.15, 0.2) is 0 Å². The molecule has 7 heteroatoms. The largest absolute Gasteiger partial charge is 0.481 e. The second-order valence-corrected chi connectivity index (χ2v) is 4.86. The molecular formula is C12H18N4O3. The van der Waals surface area contributed by atoms with Gasteiger partial charge in [-0.15, -0.1) is 5.10 Å². The molecule has 1 aliphatic carbocycles. The van der Waals surface area contributed by atoms with E-state index >= 15 is 0 Å². The molecule has 19 heavy (non-hydrogen) atoms. The van der Waals surface area contributed by atoms with Crippen LogP contribution in [0.5, 0.6) is 0 Å². The maximum absolute atomic E-state index is 11.7. The fourth-order valence-corrected chi connectivity index (χ4v) is 2.51. The summed E-state index contributed by atoms with van der Waals surface area (Å²) in [6, 6.07) is 0. The molecule has 1 aromatic rings. The Morgan fingerprint density at radius 3 is 2.95 bits per heavy atom. The summed E-state index contributed by atoms with van der Waals surface area (Å²) >= 11 is 0. The minimum atomic E-state index is -0.751. The average Bonchev–Trinajstić information content (AvgIpc) is 3.04. The highest BCUT2D eigenvalue weighted by molar-refractivity contribution is 5.76. The first-order valence-electron chi connectivity index (χ1n) is 6.50. The Morgan fingerprint density at radius 2 is 2.26 bits per heavy atom. The van der Waals surface area contributed by atoms with Crippen LogP contribution in [-0.4, -0.2) is 38.5 Å². The fraction of sp³-hybridized carbons (Fsp3) is 0.667. The van der Waals surface area contributed by atoms with Gasteiger partial charge in [0.05, 0.1) is 18.7 Å². The molecule has 1 fully saturated rings. The lowest BCUT2D eigenvalue weighted by Gasteiger charge is -2.16. The molecule has 1 aromatic heterocycles. The molecule has 1 saturated carbocycles. The third-order valence-electron chi connectivity index (χ3n) is 3.58. The number of carbonyl (C=O) groups is 2. The maximum Gasteiger partial charge on any atom is 0.306 e. The molecule has 1 amide bonds. The van der Waals surface area contributed by atoms with E-state index in [0.717, 1.165) is 19.3 Å². The van der Waals surface area contributed by atoms with Crippen molar-refractivity contribution in [2.24, 2.45) is 11.8 Å². The van der Waals surface area contributed by atoms with Crippen LogP contribution >= 0.6 is 0 Å². The highest BCUT2D eigenvalue weighted by Gasteiger charge is 2.32. The number of carbonyl (C=O) groups excluding carboxylic acids is 1. The van der Waals surface area contributed by atoms with Gasteiger partial charge in [-0.1, -0.05) is 11.6 Å². The molecule has 1 aliphatic rings. The lowest BCUT2D eigenvalue weighted by molar-refractivity contribution is -0.143. The smallest absolute Gasteiger partial charge is 0.306 e. The van der Waals surface area contributed by atoms with E-state index in [2.05, 4.69) is 15.6 Å². The Balaban J connectivity index is 1.70. The van der Waals surface area contributed by atoms with Crippen LogP contribution in [0.4, 0.5) is 0 Å². The van der Waals surface area contributed by atoms with Gasteiger partial charge in [-0.25, -0.2) is 0 Å². The summed E-state index contributed by atoms with van der Waals surface area (Å²) in [5, 5.41) is 19.3. The molecule has 0 aliphatic heterocycles. The molecule has 104 valence electrons. The van der Waals surface area contributed by atoms with Gasteiger partial charge in [0, 0.05) is 19.2 Å². The summed E-state index contributed by atoms with van der Waals surface area (Å²) in [4.78, 5) is 22.7. The predicted octanol–water partition coefficient (Wildman–Crippen LogP) is 0.285. The average molecular weight is 266 g/mol. The zero-order valence-electron chi connectivity index (χ0n) is 10.7. The van der Waals surface area contributed by atoms with E-state index in [-0.39, 0.29) is 17.7 Å². The molecule has 0 radical (unpaired) electrons. The minimum Gasteiger partial charge on any atom is -0.481 e. The monoisotopic (exact) mass is 266 g/mol. The molecule has 0 bridgehead atoms. The van der Waals surface area contributed by atoms with Gasteiger partial charge in [0.25, 0.3) is 0 Å². The van der Waals surface area contributed by atoms with E-state index in [9.17, 15) is 9.59 Å². The highest BCUT2D eigenvalue weighted by atomic mass is 16.4. The van der Waals surface area contributed by atoms with Crippen LogP contribution in [0.1, 0.15) is 25.7 Å². The second kappa shape index (κ2) is 6.31. The third kappa shape index (κ3) is 3.77. The SMILES string of the molecule is O=C(CCn1ccnn1)NCC1CCCC1C(=O)O. The number of hydrogen-bond acceptors (Lipinski definition) is 4. The maximum atomic E-state index is 11.7. The number of carboxylic acids is 1. The van der Waals surface area contributed by atoms with Crippen molar-refractivity contribution >= 4 is 11.9 Å². The highest BCUT2D eigenvalue weighted by Crippen LogP contribution is 2.31. The molecule has 1 heterocycles. The number of aryl methyl sites for hydroxylation is 1. The number of aromatic nitrogens is 3. The van der Waals surface area contributed by atoms with E-state index in [1.165, 1.54) is 0 Å². The zero-order chi connectivity index (χ0) is 13.7. The Labute approximate surface area is 111 Å². The Kier molecular flexibility index (Phi) is 4.48. The van der Waals surface area contributed by atoms with Gasteiger partial charge in [0.1, 0.15) is 0 Å². The summed E-state index contributed by atoms with van der Waals surface area (Å²) in [6.45, 7) is 0.937. The summed E-state index contributed by atoms with van der Waals surface area (Å²) in [5.41, 5.74) is 0. The standard InChI is InChI=1S/C12H18N4O3/c17-11(4-6-16-7-5-14-15-16)13-8-9-2-1-3-10(9)12(18)19/h5,7,9-10H,1-4,6,8H2,(H,13,17)(H,18,19). The van der Waals surface area contributed by atoms with Crippen LogP contribution in [0.3, 0.4) is 0 Å². The lowest BCUT2D eigenvalue weighted by Crippen LogP contribution is -2.33. The van der Waals surface area contributed by atoms with Crippen LogP contribution in [0.25, 0.3) is 0 Å². The van der Waals surface area contributed by atoms with Crippen molar-refractivity contribution in [2.75, 3.05) is 6.54 Å². The number of hydrogen-bond donors (Lipinski definition) is 2. The summed E-state index contributed by atoms with van der Waals surface area (Å²) in [7, 11) is 0. The van der Waals surface area contributed by atoms with Gasteiger partial charge < -0.3 is 10.4 Å². The van der Waals surface area contributed by atoms with Crippen molar-refractivity contribution in [3.63, 3.8) is 0 Å². The molecule has 0 aromatic carbocycles. The van der Waals surface area contributed by atoms with Crippen LogP contribution in [0, 0.1) is 11.8 Å². The van der Waals surface area contributed by atoms with Crippen LogP contribution in [-0.2, 0) is 16.1 Å². The summed E-state index contributed by atoms with van der Waals surface area (Å²) in [5.74, 6) is -1.07. The quantitative estimate of drug-likeness (QED) is 0.771. The fourth-order valence-electron chi connectivity index (χ4n) is 2.51. The van der Waals surface area contributed by atoms with Crippen molar-refractivity contribution in [3.05, 3.63) is 12.4 Å². The Morgan fingerprint density at radius 1 is 1.42 bits per heavy atom. The number of rotatable bonds is 6. The first-order valence-corrected chi connectivity index (χ1v) is 6.50. The first-order chi connectivity index (χ1) is 9.16. The van der Waals surface area contributed by atoms with Crippen LogP contribution in [0.15, 0.2) is 12.4 Å². The molecule has 7 nitrogen and oxygen atoms in total. The number of amides is 1. The van der Waals surface area contributed by atoms with Gasteiger partial charge in [-0.05, 0) is 18.8 Å². The summed E-state index contributed by atoms with van der Waals surface area (Å²) in [6.07, 6.45) is 6.11. The zero-order valence-corrected chi connectivity index (χ0v) is 10.7. The number of nitrogens with one attached hydrogen (secondary N) is 1. The van der Waals surface area contributed by atoms with E-state index in [4.69, 9.17) is 5.11 Å². The van der Waals surface area contributed by atoms with Gasteiger partial charge in [-0.3, -0.25) is 14.3 Å². The molecular weight excluding hydrogens is 248 g/mol. The van der Waals surface area contributed by atoms with Crippen LogP contribution < -0.4 is 5.32 Å². The van der Waals surface area contributed by atoms with E-state index in [0.29, 0.717) is 19.5 Å². The van der Waals surface area contributed by atoms with Crippen molar-refractivity contribution in [1.82, 2.24) is 20.3 Å².